The van der Waals surface area contributed by atoms with Crippen LogP contribution in [0.25, 0.3) is 22.7 Å². The van der Waals surface area contributed by atoms with Crippen LogP contribution in [0.2, 0.25) is 0 Å². The van der Waals surface area contributed by atoms with E-state index in [4.69, 9.17) is 0 Å². The predicted octanol–water partition coefficient (Wildman–Crippen LogP) is 3.46. The Hall–Kier alpha value is -6.73. The minimum atomic E-state index is 0.986. The van der Waals surface area contributed by atoms with Crippen molar-refractivity contribution in [3.8, 4) is 0 Å². The van der Waals surface area contributed by atoms with Gasteiger partial charge in [0, 0.05) is 53.0 Å². The topological polar surface area (TPSA) is 74.8 Å². The first kappa shape index (κ1) is 30.3. The van der Waals surface area contributed by atoms with Crippen LogP contribution in [0.1, 0.15) is 45.0 Å². The number of aromatic nitrogens is 7. The van der Waals surface area contributed by atoms with Crippen LogP contribution in [0.3, 0.4) is 0 Å². The first-order valence-electron chi connectivity index (χ1n) is 17.3. The smallest absolute Gasteiger partial charge is 0.257 e. The molecule has 0 spiro atoms. The molecule has 0 aliphatic carbocycles. The predicted molar refractivity (Wildman–Crippen MR) is 198 cm³/mol. The summed E-state index contributed by atoms with van der Waals surface area (Å²) in [6.07, 6.45) is 12.7. The molecule has 1 aliphatic heterocycles. The number of pyridine rings is 3. The quantitative estimate of drug-likeness (QED) is 0.208. The Morgan fingerprint density at radius 1 is 0.333 bits per heavy atom. The maximum Gasteiger partial charge on any atom is 0.257 e. The molecule has 0 atom stereocenters. The van der Waals surface area contributed by atoms with E-state index in [1.807, 2.05) is 0 Å². The van der Waals surface area contributed by atoms with Crippen LogP contribution in [-0.2, 0) is 0 Å². The summed E-state index contributed by atoms with van der Waals surface area (Å²) in [6, 6.07) is 40.8. The Labute approximate surface area is 295 Å². The van der Waals surface area contributed by atoms with Crippen molar-refractivity contribution in [3.05, 3.63) is 219 Å². The van der Waals surface area contributed by atoms with Crippen molar-refractivity contribution in [2.24, 2.45) is 0 Å². The minimum Gasteiger partial charge on any atom is -0.349 e. The third-order valence-electron chi connectivity index (χ3n) is 9.64. The monoisotopic (exact) mass is 664 g/mol. The van der Waals surface area contributed by atoms with Crippen molar-refractivity contribution in [2.45, 2.75) is 20.8 Å². The lowest BCUT2D eigenvalue weighted by Gasteiger charge is -2.06. The second-order valence-corrected chi connectivity index (χ2v) is 13.3. The number of benzene rings is 1. The summed E-state index contributed by atoms with van der Waals surface area (Å²) in [5.74, 6) is 0. The number of aryl methyl sites for hydroxylation is 3. The highest BCUT2D eigenvalue weighted by molar-refractivity contribution is 5.78. The second kappa shape index (κ2) is 12.3. The van der Waals surface area contributed by atoms with Crippen molar-refractivity contribution in [2.75, 3.05) is 0 Å². The second-order valence-electron chi connectivity index (χ2n) is 13.3. The number of aromatic amines is 4. The molecule has 4 N–H and O–H groups in total. The van der Waals surface area contributed by atoms with E-state index in [2.05, 4.69) is 207 Å². The molecule has 7 heteroatoms. The maximum atomic E-state index is 3.84. The average molecular weight is 665 g/mol. The zero-order chi connectivity index (χ0) is 34.5. The van der Waals surface area contributed by atoms with Crippen molar-refractivity contribution >= 4 is 22.7 Å². The summed E-state index contributed by atoms with van der Waals surface area (Å²) in [5.41, 5.74) is 12.9. The normalized spacial score (nSPS) is 12.8. The van der Waals surface area contributed by atoms with Gasteiger partial charge < -0.3 is 19.9 Å². The van der Waals surface area contributed by atoms with Crippen LogP contribution >= 0.6 is 0 Å². The molecule has 1 aromatic carbocycles. The van der Waals surface area contributed by atoms with Gasteiger partial charge in [0.15, 0.2) is 37.2 Å². The van der Waals surface area contributed by atoms with E-state index in [0.29, 0.717) is 0 Å². The molecular weight excluding hydrogens is 627 g/mol. The Balaban J connectivity index is 1.43. The number of nitrogens with one attached hydrogen (secondary N) is 4. The van der Waals surface area contributed by atoms with E-state index in [1.165, 1.54) is 16.7 Å². The van der Waals surface area contributed by atoms with Gasteiger partial charge >= 0.3 is 0 Å². The number of fused-ring (bicyclic) bond motifs is 8. The summed E-state index contributed by atoms with van der Waals surface area (Å²) in [6.45, 7) is 6.34. The molecule has 8 aromatic rings. The molecule has 1 aliphatic rings. The number of hydrogen-bond acceptors (Lipinski definition) is 0. The Morgan fingerprint density at radius 2 is 0.686 bits per heavy atom. The molecular formula is C44H38N7+3. The van der Waals surface area contributed by atoms with Crippen molar-refractivity contribution in [3.63, 3.8) is 0 Å². The van der Waals surface area contributed by atoms with E-state index >= 15 is 0 Å². The van der Waals surface area contributed by atoms with Gasteiger partial charge in [0.1, 0.15) is 33.1 Å². The van der Waals surface area contributed by atoms with E-state index in [9.17, 15) is 0 Å². The van der Waals surface area contributed by atoms with E-state index in [0.717, 1.165) is 72.4 Å². The molecule has 0 saturated heterocycles. The molecule has 7 nitrogen and oxygen atoms in total. The highest BCUT2D eigenvalue weighted by Crippen LogP contribution is 2.22. The van der Waals surface area contributed by atoms with Crippen LogP contribution in [0.5, 0.6) is 0 Å². The molecule has 51 heavy (non-hydrogen) atoms. The molecule has 8 bridgehead atoms. The van der Waals surface area contributed by atoms with Crippen LogP contribution in [0.4, 0.5) is 0 Å². The number of H-pyrrole nitrogens is 4. The zero-order valence-corrected chi connectivity index (χ0v) is 28.8. The van der Waals surface area contributed by atoms with Gasteiger partial charge in [-0.2, -0.15) is 13.7 Å². The molecule has 0 radical (unpaired) electrons. The van der Waals surface area contributed by atoms with Gasteiger partial charge in [0.2, 0.25) is 0 Å². The van der Waals surface area contributed by atoms with Gasteiger partial charge in [-0.05, 0) is 91.6 Å². The largest absolute Gasteiger partial charge is 0.349 e. The van der Waals surface area contributed by atoms with Crippen molar-refractivity contribution < 1.29 is 13.7 Å². The molecule has 0 amide bonds. The minimum absolute atomic E-state index is 0.986. The Bertz CT molecular complexity index is 2790. The average Bonchev–Trinajstić information content (AvgIpc) is 3.99. The van der Waals surface area contributed by atoms with Crippen molar-refractivity contribution in [1.82, 2.24) is 19.9 Å². The first-order chi connectivity index (χ1) is 25.0. The number of nitrogens with zero attached hydrogens (tertiary/aromatic N) is 3. The summed E-state index contributed by atoms with van der Waals surface area (Å²) < 4.78 is 6.54. The zero-order valence-electron chi connectivity index (χ0n) is 28.8. The molecule has 246 valence electrons. The molecule has 0 unspecified atom stereocenters. The van der Waals surface area contributed by atoms with Gasteiger partial charge in [0.25, 0.3) is 17.1 Å². The SMILES string of the molecule is Cc1cc[n+](C2=c3ccc([nH]3)=C(c3ccccc3)c3ccc([nH]3)C([n+]3ccc(C)cc3)=c3ccc([nH]3)=C([n+]3ccc(C)cc3)c3ccc2[nH]3)cc1. The number of hydrogen-bond donors (Lipinski definition) is 4. The molecule has 7 aromatic heterocycles. The summed E-state index contributed by atoms with van der Waals surface area (Å²) in [7, 11) is 0. The summed E-state index contributed by atoms with van der Waals surface area (Å²) >= 11 is 0. The lowest BCUT2D eigenvalue weighted by atomic mass is 10.0. The third-order valence-corrected chi connectivity index (χ3v) is 9.64. The molecule has 0 saturated carbocycles. The molecule has 9 rings (SSSR count). The third kappa shape index (κ3) is 5.55. The van der Waals surface area contributed by atoms with Gasteiger partial charge in [-0.25, -0.2) is 0 Å². The van der Waals surface area contributed by atoms with E-state index in [-0.39, 0.29) is 0 Å². The van der Waals surface area contributed by atoms with E-state index < -0.39 is 0 Å². The fourth-order valence-electron chi connectivity index (χ4n) is 6.98. The van der Waals surface area contributed by atoms with Gasteiger partial charge in [-0.1, -0.05) is 30.3 Å². The molecule has 0 fully saturated rings. The van der Waals surface area contributed by atoms with Crippen molar-refractivity contribution in [1.29, 1.82) is 0 Å². The molecule has 8 heterocycles. The van der Waals surface area contributed by atoms with Gasteiger partial charge in [-0.15, -0.1) is 0 Å². The van der Waals surface area contributed by atoms with Crippen LogP contribution in [-0.4, -0.2) is 19.9 Å². The van der Waals surface area contributed by atoms with Gasteiger partial charge in [0.05, 0.1) is 0 Å². The Kier molecular flexibility index (Phi) is 7.32. The fourth-order valence-corrected chi connectivity index (χ4v) is 6.98. The van der Waals surface area contributed by atoms with Crippen LogP contribution < -0.4 is 35.1 Å². The van der Waals surface area contributed by atoms with E-state index in [1.54, 1.807) is 0 Å². The Morgan fingerprint density at radius 3 is 1.12 bits per heavy atom. The first-order valence-corrected chi connectivity index (χ1v) is 17.3. The lowest BCUT2D eigenvalue weighted by Crippen LogP contribution is -2.40. The maximum absolute atomic E-state index is 3.84. The number of rotatable bonds is 4. The van der Waals surface area contributed by atoms with Gasteiger partial charge in [-0.3, -0.25) is 0 Å². The summed E-state index contributed by atoms with van der Waals surface area (Å²) in [4.78, 5) is 15.3. The fraction of sp³-hybridized carbons (Fsp3) is 0.0682. The van der Waals surface area contributed by atoms with Crippen LogP contribution in [0.15, 0.2) is 152 Å². The lowest BCUT2D eigenvalue weighted by molar-refractivity contribution is -0.580. The van der Waals surface area contributed by atoms with Crippen LogP contribution in [0, 0.1) is 20.8 Å². The summed E-state index contributed by atoms with van der Waals surface area (Å²) in [5, 5.41) is 3.98. The standard InChI is InChI=1S/C44H38N7/c1-29-17-23-49(24-18-29)42-35-11-9-33(45-35)41(32-7-5-4-6-8-32)34-10-12-36(46-34)43(50-25-19-30(2)20-26-50)38-14-16-40(48-38)44(39-15-13-37(42)47-39)51-27-21-31(3)22-28-51/h4-28,45-48H,1-3H3/q+3. The highest BCUT2D eigenvalue weighted by Gasteiger charge is 2.25. The highest BCUT2D eigenvalue weighted by atomic mass is 15.0.